The molecule has 1 aromatic carbocycles. The monoisotopic (exact) mass is 372 g/mol. The third-order valence-corrected chi connectivity index (χ3v) is 4.03. The molecule has 1 N–H and O–H groups in total. The van der Waals surface area contributed by atoms with Crippen molar-refractivity contribution in [2.45, 2.75) is 57.9 Å². The van der Waals surface area contributed by atoms with E-state index >= 15 is 0 Å². The van der Waals surface area contributed by atoms with Gasteiger partial charge in [-0.1, -0.05) is 73.0 Å². The van der Waals surface area contributed by atoms with Crippen molar-refractivity contribution in [1.82, 2.24) is 0 Å². The van der Waals surface area contributed by atoms with Gasteiger partial charge in [-0.15, -0.1) is 0 Å². The number of hydrogen-bond acceptors (Lipinski definition) is 3. The first-order chi connectivity index (χ1) is 10.2. The average Bonchev–Trinajstić information content (AvgIpc) is 2.47. The van der Waals surface area contributed by atoms with Gasteiger partial charge >= 0.3 is 11.9 Å². The highest BCUT2D eigenvalue weighted by molar-refractivity contribution is 9.10. The van der Waals surface area contributed by atoms with E-state index in [4.69, 9.17) is 4.74 Å². The van der Waals surface area contributed by atoms with Crippen molar-refractivity contribution in [2.75, 3.05) is 0 Å². The highest BCUT2D eigenvalue weighted by Gasteiger charge is 2.47. The number of aliphatic carboxylic acids is 1. The lowest BCUT2D eigenvalue weighted by Crippen LogP contribution is -2.40. The molecule has 1 aromatic rings. The van der Waals surface area contributed by atoms with Crippen LogP contribution in [0.15, 0.2) is 24.3 Å². The largest absolute Gasteiger partial charge is 0.480 e. The van der Waals surface area contributed by atoms with E-state index in [0.29, 0.717) is 12.0 Å². The Kier molecular flexibility index (Phi) is 9.02. The number of carbonyl (C=O) groups excluding carboxylic acids is 1. The van der Waals surface area contributed by atoms with E-state index in [1.807, 2.05) is 13.8 Å². The molecule has 1 rings (SSSR count). The van der Waals surface area contributed by atoms with Gasteiger partial charge in [0.15, 0.2) is 0 Å². The van der Waals surface area contributed by atoms with E-state index in [1.165, 1.54) is 6.42 Å². The maximum Gasteiger partial charge on any atom is 0.339 e. The van der Waals surface area contributed by atoms with Crippen LogP contribution in [0.5, 0.6) is 0 Å². The lowest BCUT2D eigenvalue weighted by atomic mass is 9.98. The number of benzene rings is 1. The Morgan fingerprint density at radius 3 is 2.05 bits per heavy atom. The van der Waals surface area contributed by atoms with Crippen LogP contribution in [0.3, 0.4) is 0 Å². The second-order valence-corrected chi connectivity index (χ2v) is 6.35. The Morgan fingerprint density at radius 1 is 1.23 bits per heavy atom. The first kappa shape index (κ1) is 20.6. The zero-order valence-electron chi connectivity index (χ0n) is 13.9. The Labute approximate surface area is 141 Å². The number of carbonyl (C=O) groups is 2. The van der Waals surface area contributed by atoms with Gasteiger partial charge in [0.1, 0.15) is 0 Å². The fourth-order valence-electron chi connectivity index (χ4n) is 1.46. The van der Waals surface area contributed by atoms with Gasteiger partial charge in [0.2, 0.25) is 4.32 Å². The van der Waals surface area contributed by atoms with Crippen molar-refractivity contribution in [3.63, 3.8) is 0 Å². The number of aryl methyl sites for hydroxylation is 1. The molecule has 0 heterocycles. The molecule has 2 unspecified atom stereocenters. The van der Waals surface area contributed by atoms with Gasteiger partial charge in [0.05, 0.1) is 6.10 Å². The summed E-state index contributed by atoms with van der Waals surface area (Å²) in [5, 5.41) is 9.36. The van der Waals surface area contributed by atoms with E-state index in [-0.39, 0.29) is 6.10 Å². The second-order valence-electron chi connectivity index (χ2n) is 5.16. The van der Waals surface area contributed by atoms with Crippen LogP contribution >= 0.6 is 15.9 Å². The molecule has 0 bridgehead atoms. The van der Waals surface area contributed by atoms with Gasteiger partial charge in [0.25, 0.3) is 0 Å². The van der Waals surface area contributed by atoms with Gasteiger partial charge in [-0.3, -0.25) is 0 Å². The minimum absolute atomic E-state index is 0.325. The zero-order valence-corrected chi connectivity index (χ0v) is 15.4. The molecule has 0 aromatic heterocycles. The van der Waals surface area contributed by atoms with E-state index in [2.05, 4.69) is 29.8 Å². The predicted octanol–water partition coefficient (Wildman–Crippen LogP) is 4.43. The van der Waals surface area contributed by atoms with Crippen LogP contribution in [-0.2, 0) is 18.7 Å². The highest BCUT2D eigenvalue weighted by atomic mass is 79.9. The van der Waals surface area contributed by atoms with Crippen LogP contribution < -0.4 is 0 Å². The Balaban J connectivity index is 0.00000135. The summed E-state index contributed by atoms with van der Waals surface area (Å²) in [6.07, 6.45) is 1.55. The first-order valence-electron chi connectivity index (χ1n) is 7.44. The van der Waals surface area contributed by atoms with Crippen molar-refractivity contribution in [1.29, 1.82) is 0 Å². The standard InChI is InChI=1S/C14H17BrO4.C3H8/c1-4-10(3)19-13(18)14(15,12(16)17)11-7-5-9(2)6-8-11;1-3-2/h5-8,10H,4H2,1-3H3,(H,16,17);3H2,1-2H3. The quantitative estimate of drug-likeness (QED) is 0.471. The minimum Gasteiger partial charge on any atom is -0.480 e. The maximum atomic E-state index is 12.1. The molecule has 0 amide bonds. The molecule has 5 heteroatoms. The minimum atomic E-state index is -1.86. The summed E-state index contributed by atoms with van der Waals surface area (Å²) in [7, 11) is 0. The highest BCUT2D eigenvalue weighted by Crippen LogP contribution is 2.34. The lowest BCUT2D eigenvalue weighted by molar-refractivity contribution is -0.159. The van der Waals surface area contributed by atoms with Gasteiger partial charge in [0, 0.05) is 0 Å². The van der Waals surface area contributed by atoms with Crippen molar-refractivity contribution in [3.05, 3.63) is 35.4 Å². The number of esters is 1. The van der Waals surface area contributed by atoms with Gasteiger partial charge < -0.3 is 9.84 Å². The molecule has 0 aliphatic rings. The van der Waals surface area contributed by atoms with E-state index < -0.39 is 16.3 Å². The zero-order chi connectivity index (χ0) is 17.3. The van der Waals surface area contributed by atoms with Crippen LogP contribution in [0.4, 0.5) is 0 Å². The Hall–Kier alpha value is -1.36. The van der Waals surface area contributed by atoms with Crippen molar-refractivity contribution >= 4 is 27.9 Å². The molecule has 0 saturated carbocycles. The van der Waals surface area contributed by atoms with Gasteiger partial charge in [-0.25, -0.2) is 9.59 Å². The SMILES string of the molecule is CCC.CCC(C)OC(=O)C(Br)(C(=O)O)c1ccc(C)cc1. The topological polar surface area (TPSA) is 63.6 Å². The second kappa shape index (κ2) is 9.62. The molecule has 124 valence electrons. The summed E-state index contributed by atoms with van der Waals surface area (Å²) in [6.45, 7) is 9.72. The summed E-state index contributed by atoms with van der Waals surface area (Å²) in [5.74, 6) is -2.09. The number of ether oxygens (including phenoxy) is 1. The van der Waals surface area contributed by atoms with Crippen LogP contribution in [0.2, 0.25) is 0 Å². The summed E-state index contributed by atoms with van der Waals surface area (Å²) >= 11 is 3.03. The van der Waals surface area contributed by atoms with Crippen molar-refractivity contribution in [2.24, 2.45) is 0 Å². The third-order valence-electron chi connectivity index (χ3n) is 2.91. The molecule has 0 aliphatic heterocycles. The van der Waals surface area contributed by atoms with Crippen LogP contribution in [0, 0.1) is 6.92 Å². The molecular formula is C17H25BrO4. The van der Waals surface area contributed by atoms with Crippen molar-refractivity contribution in [3.8, 4) is 0 Å². The fourth-order valence-corrected chi connectivity index (χ4v) is 1.82. The molecule has 0 saturated heterocycles. The predicted molar refractivity (Wildman–Crippen MR) is 91.2 cm³/mol. The third kappa shape index (κ3) is 5.44. The molecule has 0 aliphatic carbocycles. The van der Waals surface area contributed by atoms with Crippen LogP contribution in [0.25, 0.3) is 0 Å². The van der Waals surface area contributed by atoms with Crippen LogP contribution in [-0.4, -0.2) is 23.1 Å². The molecule has 0 radical (unpaired) electrons. The Morgan fingerprint density at radius 2 is 1.68 bits per heavy atom. The van der Waals surface area contributed by atoms with E-state index in [0.717, 1.165) is 5.56 Å². The van der Waals surface area contributed by atoms with Crippen molar-refractivity contribution < 1.29 is 19.4 Å². The summed E-state index contributed by atoms with van der Waals surface area (Å²) in [5.41, 5.74) is 1.33. The average molecular weight is 373 g/mol. The number of halogens is 1. The molecular weight excluding hydrogens is 348 g/mol. The molecule has 0 fully saturated rings. The van der Waals surface area contributed by atoms with Gasteiger partial charge in [-0.2, -0.15) is 0 Å². The molecule has 4 nitrogen and oxygen atoms in total. The summed E-state index contributed by atoms with van der Waals surface area (Å²) < 4.78 is 3.29. The summed E-state index contributed by atoms with van der Waals surface area (Å²) in [4.78, 5) is 23.6. The molecule has 2 atom stereocenters. The number of carboxylic acids is 1. The number of hydrogen-bond donors (Lipinski definition) is 1. The first-order valence-corrected chi connectivity index (χ1v) is 8.23. The number of carboxylic acid groups (broad SMARTS) is 1. The normalized spacial score (nSPS) is 14.1. The molecule has 0 spiro atoms. The number of rotatable bonds is 5. The molecule has 22 heavy (non-hydrogen) atoms. The smallest absolute Gasteiger partial charge is 0.339 e. The van der Waals surface area contributed by atoms with E-state index in [1.54, 1.807) is 31.2 Å². The van der Waals surface area contributed by atoms with Gasteiger partial charge in [-0.05, 0) is 25.8 Å². The van der Waals surface area contributed by atoms with Crippen LogP contribution in [0.1, 0.15) is 51.7 Å². The lowest BCUT2D eigenvalue weighted by Gasteiger charge is -2.23. The maximum absolute atomic E-state index is 12.1. The fraction of sp³-hybridized carbons (Fsp3) is 0.529. The van der Waals surface area contributed by atoms with E-state index in [9.17, 15) is 14.7 Å². The number of alkyl halides is 1. The summed E-state index contributed by atoms with van der Waals surface area (Å²) in [6, 6.07) is 6.72. The Bertz CT molecular complexity index is 484.